The Morgan fingerprint density at radius 2 is 2.04 bits per heavy atom. The van der Waals surface area contributed by atoms with Gasteiger partial charge in [-0.1, -0.05) is 41.4 Å². The number of aliphatic hydroxyl groups excluding tert-OH is 1. The van der Waals surface area contributed by atoms with E-state index in [1.165, 1.54) is 4.88 Å². The first-order chi connectivity index (χ1) is 12.0. The van der Waals surface area contributed by atoms with Crippen molar-refractivity contribution in [2.45, 2.75) is 37.2 Å². The van der Waals surface area contributed by atoms with E-state index in [-0.39, 0.29) is 17.2 Å². The number of aliphatic hydroxyl groups is 1. The summed E-state index contributed by atoms with van der Waals surface area (Å²) < 4.78 is 0. The Labute approximate surface area is 167 Å². The topological polar surface area (TPSA) is 33.1 Å². The van der Waals surface area contributed by atoms with Crippen LogP contribution in [-0.2, 0) is 6.42 Å². The van der Waals surface area contributed by atoms with Gasteiger partial charge in [-0.15, -0.1) is 22.9 Å². The maximum absolute atomic E-state index is 10.4. The van der Waals surface area contributed by atoms with Crippen LogP contribution >= 0.6 is 46.1 Å². The summed E-state index contributed by atoms with van der Waals surface area (Å²) in [5.74, 6) is 0.331. The largest absolute Gasteiger partial charge is 0.392 e. The molecule has 25 heavy (non-hydrogen) atoms. The molecule has 2 aromatic rings. The first-order valence-electron chi connectivity index (χ1n) is 8.39. The Morgan fingerprint density at radius 3 is 2.72 bits per heavy atom. The van der Waals surface area contributed by atoms with Gasteiger partial charge < -0.3 is 5.11 Å². The van der Waals surface area contributed by atoms with Crippen molar-refractivity contribution in [2.24, 2.45) is 11.8 Å². The molecule has 1 fully saturated rings. The normalized spacial score (nSPS) is 26.6. The Balaban J connectivity index is 1.65. The number of hydrogen-bond acceptors (Lipinski definition) is 3. The molecule has 1 aliphatic carbocycles. The van der Waals surface area contributed by atoms with Gasteiger partial charge in [0.2, 0.25) is 0 Å². The molecule has 0 unspecified atom stereocenters. The highest BCUT2D eigenvalue weighted by Gasteiger charge is 2.39. The van der Waals surface area contributed by atoms with Crippen LogP contribution < -0.4 is 0 Å². The molecule has 6 heteroatoms. The van der Waals surface area contributed by atoms with Gasteiger partial charge in [0.05, 0.1) is 6.10 Å². The summed E-state index contributed by atoms with van der Waals surface area (Å²) in [6, 6.07) is 7.77. The fraction of sp³-hybridized carbons (Fsp3) is 0.421. The first-order valence-corrected chi connectivity index (χ1v) is 10.5. The zero-order valence-electron chi connectivity index (χ0n) is 13.6. The van der Waals surface area contributed by atoms with Crippen LogP contribution in [0, 0.1) is 11.8 Å². The lowest BCUT2D eigenvalue weighted by molar-refractivity contribution is 0.140. The quantitative estimate of drug-likeness (QED) is 0.456. The maximum Gasteiger partial charge on any atom is 0.131 e. The molecule has 4 atom stereocenters. The van der Waals surface area contributed by atoms with Crippen LogP contribution in [0.1, 0.15) is 29.7 Å². The Morgan fingerprint density at radius 1 is 1.28 bits per heavy atom. The molecule has 2 aromatic heterocycles. The van der Waals surface area contributed by atoms with Gasteiger partial charge in [0, 0.05) is 16.2 Å². The molecular formula is C19H20Cl3NOS. The molecule has 0 aromatic carbocycles. The molecule has 0 radical (unpaired) electrons. The molecule has 1 N–H and O–H groups in total. The van der Waals surface area contributed by atoms with Gasteiger partial charge in [-0.2, -0.15) is 0 Å². The molecule has 1 aliphatic rings. The van der Waals surface area contributed by atoms with E-state index in [0.29, 0.717) is 16.7 Å². The number of aryl methyl sites for hydroxylation is 1. The lowest BCUT2D eigenvalue weighted by Crippen LogP contribution is -2.18. The average molecular weight is 417 g/mol. The van der Waals surface area contributed by atoms with Gasteiger partial charge in [0.15, 0.2) is 0 Å². The molecular weight excluding hydrogens is 397 g/mol. The fourth-order valence-electron chi connectivity index (χ4n) is 3.50. The van der Waals surface area contributed by atoms with Crippen LogP contribution in [0.4, 0.5) is 0 Å². The third-order valence-corrected chi connectivity index (χ3v) is 6.53. The maximum atomic E-state index is 10.4. The molecule has 134 valence electrons. The smallest absolute Gasteiger partial charge is 0.131 e. The van der Waals surface area contributed by atoms with Crippen LogP contribution in [0.3, 0.4) is 0 Å². The van der Waals surface area contributed by atoms with E-state index in [1.54, 1.807) is 23.5 Å². The second-order valence-corrected chi connectivity index (χ2v) is 8.80. The van der Waals surface area contributed by atoms with Crippen molar-refractivity contribution >= 4 is 52.2 Å². The highest BCUT2D eigenvalue weighted by Crippen LogP contribution is 2.40. The second-order valence-electron chi connectivity index (χ2n) is 6.44. The number of nitrogens with zero attached hydrogens (tertiary/aromatic N) is 1. The van der Waals surface area contributed by atoms with Crippen LogP contribution in [0.5, 0.6) is 0 Å². The standard InChI is InChI=1S/C19H20Cl3NOS/c20-16-11-17(24)15(7-6-12-9-18(21)23-19(22)10-12)14(16)5-1-3-13-4-2-8-25-13/h2,4,6-10,14-17,24H,1,3,5,11H2/t14-,15-,16-,17-/m1/s1. The fourth-order valence-corrected chi connectivity index (χ4v) is 5.21. The third-order valence-electron chi connectivity index (χ3n) is 4.71. The second kappa shape index (κ2) is 8.88. The van der Waals surface area contributed by atoms with E-state index in [2.05, 4.69) is 22.5 Å². The van der Waals surface area contributed by atoms with Crippen LogP contribution in [0.2, 0.25) is 10.3 Å². The van der Waals surface area contributed by atoms with Gasteiger partial charge in [-0.3, -0.25) is 0 Å². The summed E-state index contributed by atoms with van der Waals surface area (Å²) in [6.45, 7) is 0. The number of aromatic nitrogens is 1. The summed E-state index contributed by atoms with van der Waals surface area (Å²) >= 11 is 20.2. The number of pyridine rings is 1. The van der Waals surface area contributed by atoms with Crippen LogP contribution in [-0.4, -0.2) is 21.6 Å². The third kappa shape index (κ3) is 5.21. The zero-order chi connectivity index (χ0) is 17.8. The van der Waals surface area contributed by atoms with Crippen molar-refractivity contribution in [3.63, 3.8) is 0 Å². The van der Waals surface area contributed by atoms with Crippen molar-refractivity contribution < 1.29 is 5.11 Å². The van der Waals surface area contributed by atoms with Gasteiger partial charge in [-0.05, 0) is 60.7 Å². The molecule has 0 aliphatic heterocycles. The highest BCUT2D eigenvalue weighted by atomic mass is 35.5. The summed E-state index contributed by atoms with van der Waals surface area (Å²) in [7, 11) is 0. The number of thiophene rings is 1. The van der Waals surface area contributed by atoms with Gasteiger partial charge in [0.1, 0.15) is 10.3 Å². The minimum atomic E-state index is -0.404. The van der Waals surface area contributed by atoms with E-state index >= 15 is 0 Å². The van der Waals surface area contributed by atoms with E-state index in [4.69, 9.17) is 34.8 Å². The molecule has 0 bridgehead atoms. The lowest BCUT2D eigenvalue weighted by Gasteiger charge is -2.20. The molecule has 0 saturated heterocycles. The lowest BCUT2D eigenvalue weighted by atomic mass is 9.89. The minimum Gasteiger partial charge on any atom is -0.392 e. The molecule has 3 rings (SSSR count). The Kier molecular flexibility index (Phi) is 6.81. The predicted octanol–water partition coefficient (Wildman–Crippen LogP) is 6.09. The summed E-state index contributed by atoms with van der Waals surface area (Å²) in [6.07, 6.45) is 7.39. The monoisotopic (exact) mass is 415 g/mol. The van der Waals surface area contributed by atoms with Crippen LogP contribution in [0.25, 0.3) is 6.08 Å². The highest BCUT2D eigenvalue weighted by molar-refractivity contribution is 7.09. The molecule has 0 amide bonds. The van der Waals surface area contributed by atoms with Gasteiger partial charge in [0.25, 0.3) is 0 Å². The Hall–Kier alpha value is -0.580. The minimum absolute atomic E-state index is 0.0117. The SMILES string of the molecule is O[C@@H]1C[C@@H](Cl)[C@H](CCCc2cccs2)[C@H]1C=Cc1cc(Cl)nc(Cl)c1. The van der Waals surface area contributed by atoms with E-state index in [0.717, 1.165) is 24.8 Å². The van der Waals surface area contributed by atoms with Crippen molar-refractivity contribution in [1.29, 1.82) is 0 Å². The van der Waals surface area contributed by atoms with E-state index in [9.17, 15) is 5.11 Å². The summed E-state index contributed by atoms with van der Waals surface area (Å²) in [4.78, 5) is 5.35. The van der Waals surface area contributed by atoms with Gasteiger partial charge >= 0.3 is 0 Å². The predicted molar refractivity (Wildman–Crippen MR) is 108 cm³/mol. The van der Waals surface area contributed by atoms with E-state index in [1.807, 2.05) is 12.2 Å². The zero-order valence-corrected chi connectivity index (χ0v) is 16.7. The molecule has 1 saturated carbocycles. The van der Waals surface area contributed by atoms with Crippen LogP contribution in [0.15, 0.2) is 35.7 Å². The Bertz CT molecular complexity index is 699. The number of rotatable bonds is 6. The summed E-state index contributed by atoms with van der Waals surface area (Å²) in [5.41, 5.74) is 0.882. The number of alkyl halides is 1. The molecule has 0 spiro atoms. The first kappa shape index (κ1) is 19.2. The van der Waals surface area contributed by atoms with Crippen molar-refractivity contribution in [2.75, 3.05) is 0 Å². The van der Waals surface area contributed by atoms with Gasteiger partial charge in [-0.25, -0.2) is 4.98 Å². The molecule has 2 heterocycles. The number of halogens is 3. The average Bonchev–Trinajstić information content (AvgIpc) is 3.14. The number of hydrogen-bond donors (Lipinski definition) is 1. The van der Waals surface area contributed by atoms with E-state index < -0.39 is 6.10 Å². The van der Waals surface area contributed by atoms with Crippen molar-refractivity contribution in [3.05, 3.63) is 56.5 Å². The summed E-state index contributed by atoms with van der Waals surface area (Å²) in [5, 5.41) is 13.2. The van der Waals surface area contributed by atoms with Crippen molar-refractivity contribution in [1.82, 2.24) is 4.98 Å². The molecule has 2 nitrogen and oxygen atoms in total. The van der Waals surface area contributed by atoms with Crippen molar-refractivity contribution in [3.8, 4) is 0 Å².